The fraction of sp³-hybridized carbons (Fsp3) is 0.538. The molecule has 0 bridgehead atoms. The highest BCUT2D eigenvalue weighted by molar-refractivity contribution is 8.00. The summed E-state index contributed by atoms with van der Waals surface area (Å²) >= 11 is 1.99. The van der Waals surface area contributed by atoms with Crippen LogP contribution in [0.3, 0.4) is 0 Å². The smallest absolute Gasteiger partial charge is 0.0613 e. The number of benzene rings is 1. The lowest BCUT2D eigenvalue weighted by Crippen LogP contribution is -2.35. The minimum atomic E-state index is 0.439. The van der Waals surface area contributed by atoms with E-state index in [1.165, 1.54) is 16.9 Å². The zero-order chi connectivity index (χ0) is 11.4. The third-order valence-corrected chi connectivity index (χ3v) is 4.14. The molecule has 88 valence electrons. The average molecular weight is 237 g/mol. The van der Waals surface area contributed by atoms with Crippen molar-refractivity contribution in [2.45, 2.75) is 29.5 Å². The highest BCUT2D eigenvalue weighted by Crippen LogP contribution is 2.36. The van der Waals surface area contributed by atoms with Crippen LogP contribution in [0.4, 0.5) is 0 Å². The van der Waals surface area contributed by atoms with E-state index in [0.29, 0.717) is 11.3 Å². The summed E-state index contributed by atoms with van der Waals surface area (Å²) in [5.74, 6) is 0. The Morgan fingerprint density at radius 2 is 2.31 bits per heavy atom. The van der Waals surface area contributed by atoms with Gasteiger partial charge >= 0.3 is 0 Å². The molecule has 1 N–H and O–H groups in total. The Kier molecular flexibility index (Phi) is 4.27. The Balaban J connectivity index is 1.79. The predicted octanol–water partition coefficient (Wildman–Crippen LogP) is 2.33. The lowest BCUT2D eigenvalue weighted by atomic mass is 10.1. The van der Waals surface area contributed by atoms with Crippen molar-refractivity contribution in [2.24, 2.45) is 0 Å². The number of hydrogen-bond donors (Lipinski definition) is 1. The molecule has 2 nitrogen and oxygen atoms in total. The van der Waals surface area contributed by atoms with Crippen LogP contribution in [-0.4, -0.2) is 31.6 Å². The molecule has 0 saturated heterocycles. The number of fused-ring (bicyclic) bond motifs is 1. The summed E-state index contributed by atoms with van der Waals surface area (Å²) in [6.07, 6.45) is 1.19. The van der Waals surface area contributed by atoms with Gasteiger partial charge in [0.15, 0.2) is 0 Å². The molecule has 0 fully saturated rings. The first-order valence-electron chi connectivity index (χ1n) is 5.76. The first-order chi connectivity index (χ1) is 7.79. The maximum absolute atomic E-state index is 5.11. The molecule has 1 aromatic rings. The summed E-state index contributed by atoms with van der Waals surface area (Å²) < 4.78 is 5.11. The minimum Gasteiger partial charge on any atom is -0.383 e. The standard InChI is InChI=1S/C13H19NOS/c1-10(9-15-2)14-8-12-7-11-5-3-4-6-13(11)16-12/h3-6,10,12,14H,7-9H2,1-2H3. The van der Waals surface area contributed by atoms with Crippen molar-refractivity contribution < 1.29 is 4.74 Å². The van der Waals surface area contributed by atoms with E-state index in [2.05, 4.69) is 36.5 Å². The zero-order valence-electron chi connectivity index (χ0n) is 9.90. The first-order valence-corrected chi connectivity index (χ1v) is 6.64. The molecule has 1 aliphatic heterocycles. The third kappa shape index (κ3) is 3.00. The maximum Gasteiger partial charge on any atom is 0.0613 e. The topological polar surface area (TPSA) is 21.3 Å². The Hall–Kier alpha value is -0.510. The number of methoxy groups -OCH3 is 1. The fourth-order valence-electron chi connectivity index (χ4n) is 2.01. The second-order valence-electron chi connectivity index (χ2n) is 4.32. The zero-order valence-corrected chi connectivity index (χ0v) is 10.7. The minimum absolute atomic E-state index is 0.439. The van der Waals surface area contributed by atoms with Gasteiger partial charge in [0, 0.05) is 29.8 Å². The summed E-state index contributed by atoms with van der Waals surface area (Å²) in [5, 5.41) is 4.19. The summed E-state index contributed by atoms with van der Waals surface area (Å²) in [6.45, 7) is 4.00. The lowest BCUT2D eigenvalue weighted by molar-refractivity contribution is 0.172. The average Bonchev–Trinajstić information content (AvgIpc) is 2.69. The van der Waals surface area contributed by atoms with Crippen LogP contribution in [0, 0.1) is 0 Å². The van der Waals surface area contributed by atoms with Crippen LogP contribution in [0.5, 0.6) is 0 Å². The maximum atomic E-state index is 5.11. The normalized spacial score (nSPS) is 20.8. The van der Waals surface area contributed by atoms with Gasteiger partial charge < -0.3 is 10.1 Å². The lowest BCUT2D eigenvalue weighted by Gasteiger charge is -2.15. The van der Waals surface area contributed by atoms with Gasteiger partial charge in [-0.15, -0.1) is 11.8 Å². The van der Waals surface area contributed by atoms with Gasteiger partial charge in [0.05, 0.1) is 6.61 Å². The molecule has 0 radical (unpaired) electrons. The van der Waals surface area contributed by atoms with Gasteiger partial charge in [0.2, 0.25) is 0 Å². The van der Waals surface area contributed by atoms with E-state index in [9.17, 15) is 0 Å². The summed E-state index contributed by atoms with van der Waals surface area (Å²) in [5.41, 5.74) is 1.50. The molecule has 0 spiro atoms. The van der Waals surface area contributed by atoms with Crippen molar-refractivity contribution in [2.75, 3.05) is 20.3 Å². The molecule has 0 amide bonds. The molecule has 0 saturated carbocycles. The van der Waals surface area contributed by atoms with Gasteiger partial charge in [-0.25, -0.2) is 0 Å². The Morgan fingerprint density at radius 1 is 1.50 bits per heavy atom. The van der Waals surface area contributed by atoms with Gasteiger partial charge in [-0.1, -0.05) is 18.2 Å². The van der Waals surface area contributed by atoms with Crippen molar-refractivity contribution in [3.8, 4) is 0 Å². The van der Waals surface area contributed by atoms with E-state index in [0.717, 1.165) is 13.2 Å². The molecule has 3 heteroatoms. The predicted molar refractivity (Wildman–Crippen MR) is 69.1 cm³/mol. The second kappa shape index (κ2) is 5.71. The molecule has 0 aromatic heterocycles. The van der Waals surface area contributed by atoms with Crippen LogP contribution in [0.25, 0.3) is 0 Å². The van der Waals surface area contributed by atoms with Gasteiger partial charge in [-0.05, 0) is 25.0 Å². The molecular formula is C13H19NOS. The number of thioether (sulfide) groups is 1. The van der Waals surface area contributed by atoms with Crippen molar-refractivity contribution in [3.05, 3.63) is 29.8 Å². The molecule has 0 aliphatic carbocycles. The molecule has 1 heterocycles. The SMILES string of the molecule is COCC(C)NCC1Cc2ccccc2S1. The number of hydrogen-bond acceptors (Lipinski definition) is 3. The summed E-state index contributed by atoms with van der Waals surface area (Å²) in [6, 6.07) is 9.14. The summed E-state index contributed by atoms with van der Waals surface area (Å²) in [4.78, 5) is 1.45. The molecule has 2 unspecified atom stereocenters. The van der Waals surface area contributed by atoms with E-state index in [1.807, 2.05) is 11.8 Å². The number of rotatable bonds is 5. The van der Waals surface area contributed by atoms with E-state index in [-0.39, 0.29) is 0 Å². The molecule has 16 heavy (non-hydrogen) atoms. The van der Waals surface area contributed by atoms with E-state index >= 15 is 0 Å². The van der Waals surface area contributed by atoms with Crippen molar-refractivity contribution in [1.29, 1.82) is 0 Å². The largest absolute Gasteiger partial charge is 0.383 e. The molecular weight excluding hydrogens is 218 g/mol. The monoisotopic (exact) mass is 237 g/mol. The number of nitrogens with one attached hydrogen (secondary N) is 1. The first kappa shape index (κ1) is 12.0. The van der Waals surface area contributed by atoms with Crippen molar-refractivity contribution >= 4 is 11.8 Å². The van der Waals surface area contributed by atoms with Crippen molar-refractivity contribution in [1.82, 2.24) is 5.32 Å². The third-order valence-electron chi connectivity index (χ3n) is 2.82. The van der Waals surface area contributed by atoms with Crippen molar-refractivity contribution in [3.63, 3.8) is 0 Å². The van der Waals surface area contributed by atoms with Crippen LogP contribution < -0.4 is 5.32 Å². The van der Waals surface area contributed by atoms with E-state index in [1.54, 1.807) is 7.11 Å². The van der Waals surface area contributed by atoms with Gasteiger partial charge in [-0.2, -0.15) is 0 Å². The van der Waals surface area contributed by atoms with Crippen LogP contribution in [-0.2, 0) is 11.2 Å². The van der Waals surface area contributed by atoms with Gasteiger partial charge in [0.25, 0.3) is 0 Å². The van der Waals surface area contributed by atoms with Crippen LogP contribution in [0.15, 0.2) is 29.2 Å². The molecule has 2 atom stereocenters. The molecule has 1 aliphatic rings. The fourth-order valence-corrected chi connectivity index (χ4v) is 3.27. The Morgan fingerprint density at radius 3 is 3.06 bits per heavy atom. The van der Waals surface area contributed by atoms with Crippen LogP contribution in [0.1, 0.15) is 12.5 Å². The van der Waals surface area contributed by atoms with E-state index < -0.39 is 0 Å². The van der Waals surface area contributed by atoms with Crippen LogP contribution >= 0.6 is 11.8 Å². The Bertz CT molecular complexity index is 317. The quantitative estimate of drug-likeness (QED) is 0.849. The molecule has 2 rings (SSSR count). The highest BCUT2D eigenvalue weighted by Gasteiger charge is 2.21. The van der Waals surface area contributed by atoms with Gasteiger partial charge in [0.1, 0.15) is 0 Å². The molecule has 1 aromatic carbocycles. The second-order valence-corrected chi connectivity index (χ2v) is 5.66. The van der Waals surface area contributed by atoms with Crippen LogP contribution in [0.2, 0.25) is 0 Å². The van der Waals surface area contributed by atoms with E-state index in [4.69, 9.17) is 4.74 Å². The summed E-state index contributed by atoms with van der Waals surface area (Å²) in [7, 11) is 1.75. The number of ether oxygens (including phenoxy) is 1. The Labute approximate surface area is 102 Å². The van der Waals surface area contributed by atoms with Gasteiger partial charge in [-0.3, -0.25) is 0 Å². The highest BCUT2D eigenvalue weighted by atomic mass is 32.2.